The molecule has 0 aliphatic rings. The number of ether oxygens (including phenoxy) is 3. The number of methoxy groups -OCH3 is 3. The molecule has 7 aromatic rings. The Morgan fingerprint density at radius 2 is 0.667 bits per heavy atom. The first-order chi connectivity index (χ1) is 32.6. The van der Waals surface area contributed by atoms with Crippen LogP contribution in [0.15, 0.2) is 110 Å². The van der Waals surface area contributed by atoms with Gasteiger partial charge in [0.25, 0.3) is 0 Å². The Kier molecular flexibility index (Phi) is 18.9. The summed E-state index contributed by atoms with van der Waals surface area (Å²) < 4.78 is 16.6. The first kappa shape index (κ1) is 47.7. The highest BCUT2D eigenvalue weighted by atomic mass is 16.5. The summed E-state index contributed by atoms with van der Waals surface area (Å²) >= 11 is 0. The Labute approximate surface area is 391 Å². The number of benzene rings is 4. The van der Waals surface area contributed by atoms with Crippen LogP contribution in [-0.2, 0) is 19.6 Å². The summed E-state index contributed by atoms with van der Waals surface area (Å²) in [5.74, 6) is 2.53. The molecule has 0 radical (unpaired) electrons. The first-order valence-electron chi connectivity index (χ1n) is 23.8. The minimum Gasteiger partial charge on any atom is -0.497 e. The van der Waals surface area contributed by atoms with Crippen LogP contribution in [0.4, 0.5) is 17.1 Å². The molecular formula is C54H69N9O3. The summed E-state index contributed by atoms with van der Waals surface area (Å²) in [6, 6.07) is 31.4. The summed E-state index contributed by atoms with van der Waals surface area (Å²) in [7, 11) is 5.12. The molecule has 12 nitrogen and oxygen atoms in total. The van der Waals surface area contributed by atoms with Crippen molar-refractivity contribution < 1.29 is 14.2 Å². The van der Waals surface area contributed by atoms with Crippen LogP contribution in [0.5, 0.6) is 17.2 Å². The second-order valence-electron chi connectivity index (χ2n) is 16.9. The van der Waals surface area contributed by atoms with Gasteiger partial charge in [-0.1, -0.05) is 55.7 Å². The number of unbranched alkanes of at least 4 members (excludes halogenated alkanes) is 6. The van der Waals surface area contributed by atoms with Crippen molar-refractivity contribution in [3.05, 3.63) is 126 Å². The highest BCUT2D eigenvalue weighted by Gasteiger charge is 2.09. The molecule has 0 aliphatic carbocycles. The largest absolute Gasteiger partial charge is 0.497 e. The van der Waals surface area contributed by atoms with Crippen molar-refractivity contribution in [2.75, 3.05) is 76.5 Å². The van der Waals surface area contributed by atoms with E-state index in [-0.39, 0.29) is 0 Å². The Morgan fingerprint density at radius 1 is 0.364 bits per heavy atom. The van der Waals surface area contributed by atoms with Crippen molar-refractivity contribution in [3.8, 4) is 17.2 Å². The fraction of sp³-hybridized carbons (Fsp3) is 0.389. The first-order valence-corrected chi connectivity index (χ1v) is 23.8. The fourth-order valence-corrected chi connectivity index (χ4v) is 8.42. The average Bonchev–Trinajstić information content (AvgIpc) is 3.35. The van der Waals surface area contributed by atoms with Gasteiger partial charge in [-0.15, -0.1) is 0 Å². The van der Waals surface area contributed by atoms with Gasteiger partial charge in [-0.25, -0.2) is 0 Å². The lowest BCUT2D eigenvalue weighted by Crippen LogP contribution is -2.19. The minimum absolute atomic E-state index is 0.843. The zero-order valence-electron chi connectivity index (χ0n) is 39.2. The summed E-state index contributed by atoms with van der Waals surface area (Å²) in [6.45, 7) is 8.22. The molecule has 0 unspecified atom stereocenters. The van der Waals surface area contributed by atoms with Crippen LogP contribution in [0.25, 0.3) is 32.7 Å². The SMILES string of the molecule is COc1cc(NCCCCCNCc2cc(CNCCCCCNc3cc(OC)cc4cccnc34)cc(CNCCCCCNc3cc(OC)cc4cccnc34)c2)c2ncccc2c1. The summed E-state index contributed by atoms with van der Waals surface area (Å²) in [6.07, 6.45) is 15.6. The van der Waals surface area contributed by atoms with Crippen LogP contribution in [0.1, 0.15) is 74.5 Å². The Balaban J connectivity index is 0.829. The van der Waals surface area contributed by atoms with E-state index in [2.05, 4.69) is 83.3 Å². The number of pyridine rings is 3. The number of hydrogen-bond acceptors (Lipinski definition) is 12. The predicted molar refractivity (Wildman–Crippen MR) is 273 cm³/mol. The van der Waals surface area contributed by atoms with Gasteiger partial charge in [0.2, 0.25) is 0 Å². The van der Waals surface area contributed by atoms with Gasteiger partial charge in [0.05, 0.1) is 54.9 Å². The van der Waals surface area contributed by atoms with E-state index in [9.17, 15) is 0 Å². The van der Waals surface area contributed by atoms with Crippen LogP contribution >= 0.6 is 0 Å². The minimum atomic E-state index is 0.843. The number of nitrogens with zero attached hydrogens (tertiary/aromatic N) is 3. The molecule has 0 saturated carbocycles. The van der Waals surface area contributed by atoms with Crippen LogP contribution in [-0.4, -0.2) is 75.5 Å². The molecule has 0 fully saturated rings. The van der Waals surface area contributed by atoms with Gasteiger partial charge in [-0.3, -0.25) is 15.0 Å². The summed E-state index contributed by atoms with van der Waals surface area (Å²) in [5, 5.41) is 25.2. The maximum absolute atomic E-state index is 5.52. The molecule has 0 bridgehead atoms. The molecule has 7 rings (SSSR count). The number of aromatic nitrogens is 3. The molecule has 4 aromatic carbocycles. The van der Waals surface area contributed by atoms with Crippen molar-refractivity contribution in [3.63, 3.8) is 0 Å². The molecule has 3 aromatic heterocycles. The van der Waals surface area contributed by atoms with E-state index >= 15 is 0 Å². The molecule has 0 amide bonds. The predicted octanol–water partition coefficient (Wildman–Crippen LogP) is 10.5. The molecule has 66 heavy (non-hydrogen) atoms. The molecule has 0 spiro atoms. The van der Waals surface area contributed by atoms with Gasteiger partial charge < -0.3 is 46.1 Å². The van der Waals surface area contributed by atoms with Crippen molar-refractivity contribution in [2.24, 2.45) is 0 Å². The van der Waals surface area contributed by atoms with E-state index in [1.807, 2.05) is 73.2 Å². The highest BCUT2D eigenvalue weighted by molar-refractivity contribution is 5.93. The van der Waals surface area contributed by atoms with Crippen LogP contribution in [0.2, 0.25) is 0 Å². The Bertz CT molecular complexity index is 2280. The van der Waals surface area contributed by atoms with Crippen molar-refractivity contribution in [1.82, 2.24) is 30.9 Å². The molecule has 0 atom stereocenters. The van der Waals surface area contributed by atoms with Crippen LogP contribution in [0.3, 0.4) is 0 Å². The zero-order valence-corrected chi connectivity index (χ0v) is 39.2. The van der Waals surface area contributed by atoms with E-state index in [0.717, 1.165) is 184 Å². The number of anilines is 3. The van der Waals surface area contributed by atoms with Gasteiger partial charge in [0.1, 0.15) is 17.2 Å². The lowest BCUT2D eigenvalue weighted by molar-refractivity contribution is 0.415. The van der Waals surface area contributed by atoms with Gasteiger partial charge in [0, 0.05) is 92.2 Å². The van der Waals surface area contributed by atoms with E-state index < -0.39 is 0 Å². The second-order valence-corrected chi connectivity index (χ2v) is 16.9. The van der Waals surface area contributed by atoms with Gasteiger partial charge in [0.15, 0.2) is 0 Å². The molecule has 3 heterocycles. The number of hydrogen-bond donors (Lipinski definition) is 6. The number of rotatable bonds is 30. The Morgan fingerprint density at radius 3 is 0.970 bits per heavy atom. The third-order valence-corrected chi connectivity index (χ3v) is 11.9. The second kappa shape index (κ2) is 26.1. The Hall–Kier alpha value is -6.21. The quantitative estimate of drug-likeness (QED) is 0.0240. The van der Waals surface area contributed by atoms with E-state index in [4.69, 9.17) is 14.2 Å². The normalized spacial score (nSPS) is 11.3. The van der Waals surface area contributed by atoms with Gasteiger partial charge >= 0.3 is 0 Å². The molecule has 348 valence electrons. The van der Waals surface area contributed by atoms with E-state index in [1.54, 1.807) is 21.3 Å². The van der Waals surface area contributed by atoms with Crippen molar-refractivity contribution in [2.45, 2.75) is 77.4 Å². The molecule has 0 aliphatic heterocycles. The van der Waals surface area contributed by atoms with Crippen LogP contribution in [0, 0.1) is 0 Å². The third-order valence-electron chi connectivity index (χ3n) is 11.9. The molecule has 12 heteroatoms. The van der Waals surface area contributed by atoms with Crippen molar-refractivity contribution >= 4 is 49.8 Å². The van der Waals surface area contributed by atoms with Gasteiger partial charge in [-0.05, 0) is 111 Å². The highest BCUT2D eigenvalue weighted by Crippen LogP contribution is 2.30. The monoisotopic (exact) mass is 892 g/mol. The zero-order chi connectivity index (χ0) is 45.6. The molecular weight excluding hydrogens is 823 g/mol. The van der Waals surface area contributed by atoms with Gasteiger partial charge in [-0.2, -0.15) is 0 Å². The van der Waals surface area contributed by atoms with Crippen LogP contribution < -0.4 is 46.1 Å². The third kappa shape index (κ3) is 14.4. The number of nitrogens with one attached hydrogen (secondary N) is 6. The lowest BCUT2D eigenvalue weighted by atomic mass is 10.0. The summed E-state index contributed by atoms with van der Waals surface area (Å²) in [4.78, 5) is 13.8. The molecule has 6 N–H and O–H groups in total. The standard InChI is InChI=1S/C54H69N9O3/c1-64-46-31-43-16-13-25-61-52(43)49(34-46)58-22-10-4-7-19-55-37-40-28-41(38-56-20-8-5-11-23-59-50-35-47(65-2)32-44-17-14-26-62-53(44)50)30-42(29-40)39-57-21-9-6-12-24-60-51-36-48(66-3)33-45-18-15-27-63-54(45)51/h13-18,25-36,55-60H,4-12,19-24,37-39H2,1-3H3. The van der Waals surface area contributed by atoms with E-state index in [0.29, 0.717) is 0 Å². The fourth-order valence-electron chi connectivity index (χ4n) is 8.42. The smallest absolute Gasteiger partial charge is 0.121 e. The maximum atomic E-state index is 5.52. The number of fused-ring (bicyclic) bond motifs is 3. The maximum Gasteiger partial charge on any atom is 0.121 e. The summed E-state index contributed by atoms with van der Waals surface area (Å²) in [5.41, 5.74) is 10.0. The molecule has 0 saturated heterocycles. The van der Waals surface area contributed by atoms with E-state index in [1.165, 1.54) is 16.7 Å². The topological polar surface area (TPSA) is 139 Å². The average molecular weight is 892 g/mol. The van der Waals surface area contributed by atoms with Crippen molar-refractivity contribution in [1.29, 1.82) is 0 Å². The lowest BCUT2D eigenvalue weighted by Gasteiger charge is -2.13.